The van der Waals surface area contributed by atoms with Gasteiger partial charge in [-0.1, -0.05) is 49.3 Å². The van der Waals surface area contributed by atoms with Crippen LogP contribution in [0, 0.1) is 10.1 Å². The summed E-state index contributed by atoms with van der Waals surface area (Å²) in [4.78, 5) is 10.3. The molecule has 3 nitrogen and oxygen atoms in total. The predicted octanol–water partition coefficient (Wildman–Crippen LogP) is 7.11. The van der Waals surface area contributed by atoms with Crippen LogP contribution in [0.1, 0.15) is 31.7 Å². The molecule has 0 N–H and O–H groups in total. The summed E-state index contributed by atoms with van der Waals surface area (Å²) in [6, 6.07) is 3.62. The highest BCUT2D eigenvalue weighted by Crippen LogP contribution is 2.61. The zero-order chi connectivity index (χ0) is 22.3. The molecule has 1 aliphatic carbocycles. The molecule has 1 unspecified atom stereocenters. The van der Waals surface area contributed by atoms with Crippen molar-refractivity contribution in [1.82, 2.24) is 0 Å². The van der Waals surface area contributed by atoms with Gasteiger partial charge in [-0.15, -0.1) is 0 Å². The van der Waals surface area contributed by atoms with Crippen LogP contribution in [0.5, 0.6) is 0 Å². The fraction of sp³-hybridized carbons (Fsp3) is 0.444. The van der Waals surface area contributed by atoms with E-state index in [0.29, 0.717) is 18.6 Å². The topological polar surface area (TPSA) is 43.1 Å². The Balaban J connectivity index is 3.07. The summed E-state index contributed by atoms with van der Waals surface area (Å²) in [6.07, 6.45) is -11.2. The predicted molar refractivity (Wildman–Crippen MR) is 100 cm³/mol. The quantitative estimate of drug-likeness (QED) is 0.132. The first-order chi connectivity index (χ1) is 13.2. The first-order valence-corrected chi connectivity index (χ1v) is 9.43. The highest BCUT2D eigenvalue weighted by molar-refractivity contribution is 14.1. The molecule has 1 atom stereocenters. The van der Waals surface area contributed by atoms with Crippen LogP contribution in [0.3, 0.4) is 0 Å². The average molecular weight is 537 g/mol. The van der Waals surface area contributed by atoms with Crippen molar-refractivity contribution in [1.29, 1.82) is 0 Å². The molecule has 2 rings (SSSR count). The summed E-state index contributed by atoms with van der Waals surface area (Å²) in [5, 5.41) is 11.4. The van der Waals surface area contributed by atoms with Crippen molar-refractivity contribution < 1.29 is 35.7 Å². The van der Waals surface area contributed by atoms with E-state index in [0.717, 1.165) is 24.3 Å². The molecular formula is C18H15F7INO2. The van der Waals surface area contributed by atoms with E-state index in [2.05, 4.69) is 0 Å². The lowest BCUT2D eigenvalue weighted by molar-refractivity contribution is -0.388. The number of nitro groups is 1. The zero-order valence-electron chi connectivity index (χ0n) is 14.9. The van der Waals surface area contributed by atoms with Gasteiger partial charge in [0.05, 0.1) is 10.3 Å². The molecular weight excluding hydrogens is 522 g/mol. The molecule has 0 spiro atoms. The number of alkyl halides is 7. The van der Waals surface area contributed by atoms with Crippen molar-refractivity contribution in [3.63, 3.8) is 0 Å². The fourth-order valence-electron chi connectivity index (χ4n) is 3.56. The molecule has 11 heteroatoms. The Kier molecular flexibility index (Phi) is 6.41. The van der Waals surface area contributed by atoms with E-state index in [-0.39, 0.29) is 22.0 Å². The maximum absolute atomic E-state index is 15.5. The Morgan fingerprint density at radius 2 is 1.62 bits per heavy atom. The average Bonchev–Trinajstić information content (AvgIpc) is 2.58. The molecule has 0 saturated carbocycles. The van der Waals surface area contributed by atoms with E-state index in [9.17, 15) is 36.5 Å². The second-order valence-corrected chi connectivity index (χ2v) is 8.00. The second-order valence-electron chi connectivity index (χ2n) is 6.62. The normalized spacial score (nSPS) is 20.9. The number of para-hydroxylation sites is 1. The van der Waals surface area contributed by atoms with Crippen LogP contribution in [0.4, 0.5) is 36.4 Å². The minimum atomic E-state index is -6.40. The summed E-state index contributed by atoms with van der Waals surface area (Å²) in [5.74, 6) is 0. The molecule has 0 aliphatic heterocycles. The molecule has 0 radical (unpaired) electrons. The van der Waals surface area contributed by atoms with Crippen LogP contribution in [-0.2, 0) is 5.41 Å². The summed E-state index contributed by atoms with van der Waals surface area (Å²) in [7, 11) is 0. The lowest BCUT2D eigenvalue weighted by Crippen LogP contribution is -2.65. The van der Waals surface area contributed by atoms with Crippen LogP contribution in [0.25, 0.3) is 0 Å². The number of rotatable bonds is 5. The van der Waals surface area contributed by atoms with Crippen molar-refractivity contribution in [3.8, 4) is 0 Å². The van der Waals surface area contributed by atoms with Crippen LogP contribution < -0.4 is 0 Å². The number of allylic oxidation sites excluding steroid dienone is 4. The Labute approximate surface area is 174 Å². The third kappa shape index (κ3) is 3.89. The van der Waals surface area contributed by atoms with E-state index in [1.165, 1.54) is 22.6 Å². The van der Waals surface area contributed by atoms with E-state index in [1.54, 1.807) is 6.92 Å². The van der Waals surface area contributed by atoms with Gasteiger partial charge in [0.15, 0.2) is 0 Å². The molecule has 0 saturated heterocycles. The van der Waals surface area contributed by atoms with Gasteiger partial charge in [-0.05, 0) is 39.0 Å². The van der Waals surface area contributed by atoms with Crippen molar-refractivity contribution in [2.24, 2.45) is 0 Å². The van der Waals surface area contributed by atoms with Gasteiger partial charge >= 0.3 is 18.0 Å². The SMILES string of the molecule is CCCC1=CC(c2ccccc2[N+](=O)[O-])(C(F)(C(F)(F)F)C(F)(F)F)C=C(I)C1. The second kappa shape index (κ2) is 7.88. The summed E-state index contributed by atoms with van der Waals surface area (Å²) in [6.45, 7) is 1.66. The van der Waals surface area contributed by atoms with Gasteiger partial charge in [-0.25, -0.2) is 4.39 Å². The Bertz CT molecular complexity index is 847. The van der Waals surface area contributed by atoms with Crippen LogP contribution in [0.2, 0.25) is 0 Å². The Morgan fingerprint density at radius 3 is 2.10 bits per heavy atom. The number of nitro benzene ring substituents is 1. The van der Waals surface area contributed by atoms with E-state index in [1.807, 2.05) is 0 Å². The molecule has 29 heavy (non-hydrogen) atoms. The lowest BCUT2D eigenvalue weighted by atomic mass is 9.63. The van der Waals surface area contributed by atoms with E-state index < -0.39 is 39.6 Å². The molecule has 1 aromatic rings. The third-order valence-corrected chi connectivity index (χ3v) is 5.37. The van der Waals surface area contributed by atoms with Crippen LogP contribution in [-0.4, -0.2) is 22.9 Å². The number of hydrogen-bond acceptors (Lipinski definition) is 2. The number of benzene rings is 1. The smallest absolute Gasteiger partial charge is 0.258 e. The zero-order valence-corrected chi connectivity index (χ0v) is 17.0. The number of nitrogens with zero attached hydrogens (tertiary/aromatic N) is 1. The highest BCUT2D eigenvalue weighted by Gasteiger charge is 2.81. The van der Waals surface area contributed by atoms with Crippen LogP contribution in [0.15, 0.2) is 45.6 Å². The highest BCUT2D eigenvalue weighted by atomic mass is 127. The largest absolute Gasteiger partial charge is 0.433 e. The molecule has 0 heterocycles. The Hall–Kier alpha value is -1.66. The third-order valence-electron chi connectivity index (χ3n) is 4.68. The van der Waals surface area contributed by atoms with Crippen molar-refractivity contribution in [2.75, 3.05) is 0 Å². The maximum Gasteiger partial charge on any atom is 0.433 e. The van der Waals surface area contributed by atoms with Crippen molar-refractivity contribution in [3.05, 3.63) is 61.2 Å². The first kappa shape index (κ1) is 23.6. The first-order valence-electron chi connectivity index (χ1n) is 8.35. The van der Waals surface area contributed by atoms with Gasteiger partial charge in [0.1, 0.15) is 0 Å². The van der Waals surface area contributed by atoms with E-state index in [4.69, 9.17) is 0 Å². The summed E-state index contributed by atoms with van der Waals surface area (Å²) in [5.41, 5.74) is -11.2. The molecule has 0 fully saturated rings. The fourth-order valence-corrected chi connectivity index (χ4v) is 4.54. The van der Waals surface area contributed by atoms with Crippen molar-refractivity contribution >= 4 is 28.3 Å². The molecule has 1 aliphatic rings. The molecule has 1 aromatic carbocycles. The maximum atomic E-state index is 15.5. The standard InChI is InChI=1S/C18H15F7INO2/c1-2-5-11-8-12(26)10-15(9-11,13-6-3-4-7-14(13)27(28)29)16(19,17(20,21)22)18(23,24)25/h3-4,6-7,9-10H,2,5,8H2,1H3. The van der Waals surface area contributed by atoms with Crippen molar-refractivity contribution in [2.45, 2.75) is 49.6 Å². The lowest BCUT2D eigenvalue weighted by Gasteiger charge is -2.45. The van der Waals surface area contributed by atoms with Gasteiger partial charge < -0.3 is 0 Å². The minimum Gasteiger partial charge on any atom is -0.258 e. The molecule has 160 valence electrons. The van der Waals surface area contributed by atoms with Gasteiger partial charge in [-0.3, -0.25) is 10.1 Å². The molecule has 0 amide bonds. The van der Waals surface area contributed by atoms with Gasteiger partial charge in [0.2, 0.25) is 0 Å². The number of halogens is 8. The number of hydrogen-bond donors (Lipinski definition) is 0. The monoisotopic (exact) mass is 537 g/mol. The Morgan fingerprint density at radius 1 is 1.07 bits per heavy atom. The molecule has 0 aromatic heterocycles. The van der Waals surface area contributed by atoms with Crippen LogP contribution >= 0.6 is 22.6 Å². The molecule has 0 bridgehead atoms. The summed E-state index contributed by atoms with van der Waals surface area (Å²) < 4.78 is 98.1. The summed E-state index contributed by atoms with van der Waals surface area (Å²) >= 11 is 1.54. The van der Waals surface area contributed by atoms with Gasteiger partial charge in [0.25, 0.3) is 5.69 Å². The minimum absolute atomic E-state index is 0.0298. The van der Waals surface area contributed by atoms with E-state index >= 15 is 4.39 Å². The van der Waals surface area contributed by atoms with Gasteiger partial charge in [0, 0.05) is 11.6 Å². The van der Waals surface area contributed by atoms with Gasteiger partial charge in [-0.2, -0.15) is 26.3 Å².